The zero-order valence-corrected chi connectivity index (χ0v) is 14.6. The molecule has 0 aromatic heterocycles. The largest absolute Gasteiger partial charge is 1.00 e. The molecule has 2 unspecified atom stereocenters. The number of carbonyl (C=O) groups excluding carboxylic acids is 1. The summed E-state index contributed by atoms with van der Waals surface area (Å²) in [6, 6.07) is 4.86. The van der Waals surface area contributed by atoms with Crippen LogP contribution in [0.1, 0.15) is 19.4 Å². The Bertz CT molecular complexity index is 559. The third-order valence-corrected chi connectivity index (χ3v) is 4.21. The molecule has 22 heavy (non-hydrogen) atoms. The minimum atomic E-state index is -4.76. The van der Waals surface area contributed by atoms with Gasteiger partial charge in [-0.25, -0.2) is 4.79 Å². The molecule has 1 aromatic carbocycles. The number of aryl methyl sites for hydroxylation is 1. The molecule has 0 heterocycles. The quantitative estimate of drug-likeness (QED) is 0.409. The van der Waals surface area contributed by atoms with Gasteiger partial charge in [0.25, 0.3) is 0 Å². The van der Waals surface area contributed by atoms with E-state index in [4.69, 9.17) is 26.0 Å². The summed E-state index contributed by atoms with van der Waals surface area (Å²) in [4.78, 5) is 31.8. The summed E-state index contributed by atoms with van der Waals surface area (Å²) in [5.41, 5.74) is 0.729. The molecule has 1 aromatic rings. The molecule has 6 nitrogen and oxygen atoms in total. The van der Waals surface area contributed by atoms with Crippen molar-refractivity contribution >= 4 is 25.2 Å². The molecular formula is C13H17ClLiO6P. The van der Waals surface area contributed by atoms with Crippen LogP contribution in [0.2, 0.25) is 5.02 Å². The van der Waals surface area contributed by atoms with Crippen LogP contribution in [-0.2, 0) is 14.1 Å². The van der Waals surface area contributed by atoms with E-state index in [1.165, 1.54) is 13.8 Å². The molecule has 0 saturated heterocycles. The number of esters is 1. The molecular weight excluding hydrogens is 326 g/mol. The Morgan fingerprint density at radius 3 is 2.50 bits per heavy atom. The summed E-state index contributed by atoms with van der Waals surface area (Å²) >= 11 is 5.79. The Kier molecular flexibility index (Phi) is 8.78. The Hall–Kier alpha value is -0.473. The van der Waals surface area contributed by atoms with E-state index in [2.05, 4.69) is 0 Å². The maximum absolute atomic E-state index is 11.6. The van der Waals surface area contributed by atoms with Crippen LogP contribution in [0.3, 0.4) is 0 Å². The van der Waals surface area contributed by atoms with E-state index in [1.54, 1.807) is 25.1 Å². The van der Waals surface area contributed by atoms with Crippen molar-refractivity contribution in [3.05, 3.63) is 28.8 Å². The molecule has 0 radical (unpaired) electrons. The predicted octanol–water partition coefficient (Wildman–Crippen LogP) is -0.898. The molecule has 1 rings (SSSR count). The van der Waals surface area contributed by atoms with Crippen molar-refractivity contribution in [1.82, 2.24) is 0 Å². The molecule has 9 heteroatoms. The number of halogens is 1. The van der Waals surface area contributed by atoms with E-state index < -0.39 is 31.9 Å². The minimum Gasteiger partial charge on any atom is -0.776 e. The second kappa shape index (κ2) is 8.98. The summed E-state index contributed by atoms with van der Waals surface area (Å²) in [6.07, 6.45) is 0. The van der Waals surface area contributed by atoms with Crippen molar-refractivity contribution < 1.29 is 47.5 Å². The summed E-state index contributed by atoms with van der Waals surface area (Å²) in [5, 5.41) is 0.537. The molecule has 0 fully saturated rings. The summed E-state index contributed by atoms with van der Waals surface area (Å²) in [7, 11) is -4.76. The molecule has 0 aliphatic carbocycles. The van der Waals surface area contributed by atoms with Crippen LogP contribution in [0.5, 0.6) is 5.75 Å². The molecule has 1 N–H and O–H groups in total. The molecule has 0 aliphatic heterocycles. The van der Waals surface area contributed by atoms with Crippen molar-refractivity contribution in [1.29, 1.82) is 0 Å². The number of carbonyl (C=O) groups is 1. The van der Waals surface area contributed by atoms with Gasteiger partial charge < -0.3 is 23.8 Å². The third-order valence-electron chi connectivity index (χ3n) is 2.63. The normalized spacial score (nSPS) is 14.7. The fourth-order valence-corrected chi connectivity index (χ4v) is 2.89. The fourth-order valence-electron chi connectivity index (χ4n) is 1.66. The van der Waals surface area contributed by atoms with Gasteiger partial charge in [-0.1, -0.05) is 25.4 Å². The van der Waals surface area contributed by atoms with Crippen molar-refractivity contribution in [2.75, 3.05) is 6.61 Å². The Balaban J connectivity index is 0.00000441. The predicted molar refractivity (Wildman–Crippen MR) is 76.2 cm³/mol. The third kappa shape index (κ3) is 6.74. The SMILES string of the molecule is Cc1cc(Cl)ccc1OCC(=O)OC(C(C)C)P(=O)([O-])O.[Li+]. The number of hydrogen-bond donors (Lipinski definition) is 1. The van der Waals surface area contributed by atoms with Crippen LogP contribution in [0.25, 0.3) is 0 Å². The molecule has 2 atom stereocenters. The van der Waals surface area contributed by atoms with E-state index >= 15 is 0 Å². The first-order valence-electron chi connectivity index (χ1n) is 6.23. The number of ether oxygens (including phenoxy) is 2. The molecule has 0 amide bonds. The van der Waals surface area contributed by atoms with Crippen LogP contribution in [0, 0.1) is 12.8 Å². The Labute approximate surface area is 146 Å². The second-order valence-corrected chi connectivity index (χ2v) is 6.96. The van der Waals surface area contributed by atoms with Gasteiger partial charge in [0, 0.05) is 5.02 Å². The van der Waals surface area contributed by atoms with Gasteiger partial charge in [-0.2, -0.15) is 0 Å². The van der Waals surface area contributed by atoms with E-state index in [0.717, 1.165) is 5.56 Å². The maximum Gasteiger partial charge on any atom is 1.00 e. The van der Waals surface area contributed by atoms with Gasteiger partial charge in [0.1, 0.15) is 5.75 Å². The number of benzene rings is 1. The molecule has 0 aliphatic rings. The van der Waals surface area contributed by atoms with Crippen molar-refractivity contribution in [2.24, 2.45) is 5.92 Å². The fraction of sp³-hybridized carbons (Fsp3) is 0.462. The van der Waals surface area contributed by atoms with E-state index in [0.29, 0.717) is 10.8 Å². The number of rotatable bonds is 6. The standard InChI is InChI=1S/C13H18ClO6P.Li/c1-8(2)13(21(16,17)18)20-12(15)7-19-11-5-4-10(14)6-9(11)3;/h4-6,8,13H,7H2,1-3H3,(H2,16,17,18);/q;+1/p-1. The first kappa shape index (κ1) is 21.5. The summed E-state index contributed by atoms with van der Waals surface area (Å²) in [6.45, 7) is 4.32. The molecule has 0 spiro atoms. The average Bonchev–Trinajstić information content (AvgIpc) is 2.33. The van der Waals surface area contributed by atoms with Gasteiger partial charge in [0.2, 0.25) is 0 Å². The van der Waals surface area contributed by atoms with E-state index in [-0.39, 0.29) is 18.9 Å². The van der Waals surface area contributed by atoms with Crippen molar-refractivity contribution in [3.8, 4) is 5.75 Å². The van der Waals surface area contributed by atoms with Crippen LogP contribution in [0.15, 0.2) is 18.2 Å². The van der Waals surface area contributed by atoms with Gasteiger partial charge in [-0.15, -0.1) is 0 Å². The number of hydrogen-bond acceptors (Lipinski definition) is 5. The maximum atomic E-state index is 11.6. The van der Waals surface area contributed by atoms with Gasteiger partial charge >= 0.3 is 24.8 Å². The molecule has 0 saturated carbocycles. The van der Waals surface area contributed by atoms with Crippen LogP contribution < -0.4 is 28.5 Å². The van der Waals surface area contributed by atoms with Gasteiger partial charge in [0.05, 0.1) is 0 Å². The van der Waals surface area contributed by atoms with Gasteiger partial charge in [-0.3, -0.25) is 0 Å². The van der Waals surface area contributed by atoms with E-state index in [9.17, 15) is 14.3 Å². The smallest absolute Gasteiger partial charge is 0.776 e. The van der Waals surface area contributed by atoms with Crippen molar-refractivity contribution in [3.63, 3.8) is 0 Å². The van der Waals surface area contributed by atoms with Gasteiger partial charge in [-0.05, 0) is 36.6 Å². The van der Waals surface area contributed by atoms with E-state index in [1.807, 2.05) is 0 Å². The average molecular weight is 343 g/mol. The Morgan fingerprint density at radius 2 is 2.05 bits per heavy atom. The summed E-state index contributed by atoms with van der Waals surface area (Å²) in [5.74, 6) is -2.60. The first-order valence-corrected chi connectivity index (χ1v) is 8.25. The van der Waals surface area contributed by atoms with Gasteiger partial charge in [0.15, 0.2) is 20.0 Å². The first-order chi connectivity index (χ1) is 9.61. The zero-order valence-electron chi connectivity index (χ0n) is 12.9. The monoisotopic (exact) mass is 342 g/mol. The Morgan fingerprint density at radius 1 is 1.45 bits per heavy atom. The second-order valence-electron chi connectivity index (χ2n) is 4.89. The molecule has 118 valence electrons. The topological polar surface area (TPSA) is 95.9 Å². The summed E-state index contributed by atoms with van der Waals surface area (Å²) < 4.78 is 21.1. The zero-order chi connectivity index (χ0) is 16.2. The molecule has 0 bridgehead atoms. The van der Waals surface area contributed by atoms with Crippen LogP contribution in [0.4, 0.5) is 0 Å². The minimum absolute atomic E-state index is 0. The van der Waals surface area contributed by atoms with Crippen molar-refractivity contribution in [2.45, 2.75) is 26.6 Å². The van der Waals surface area contributed by atoms with Crippen LogP contribution in [-0.4, -0.2) is 23.3 Å². The van der Waals surface area contributed by atoms with Crippen LogP contribution >= 0.6 is 19.2 Å².